The second-order valence-electron chi connectivity index (χ2n) is 7.26. The molecule has 35 heavy (non-hydrogen) atoms. The SMILES string of the molecule is CCC(=O)SCCSCCOCCSCCOc1ccc2cc(-c3cccc(F)c3)c(=O)oc2n1. The molecule has 0 atom stereocenters. The van der Waals surface area contributed by atoms with Gasteiger partial charge in [-0.1, -0.05) is 30.8 Å². The molecule has 3 aromatic rings. The summed E-state index contributed by atoms with van der Waals surface area (Å²) in [7, 11) is 0. The molecule has 0 saturated carbocycles. The van der Waals surface area contributed by atoms with Crippen molar-refractivity contribution in [2.24, 2.45) is 0 Å². The van der Waals surface area contributed by atoms with Crippen LogP contribution >= 0.6 is 35.3 Å². The standard InChI is InChI=1S/C25H28FNO5S3/c1-2-23(28)35-15-14-34-12-9-30-8-11-33-13-10-31-22-7-6-19-17-21(25(29)32-24(19)27-22)18-4-3-5-20(26)16-18/h3-7,16-17H,2,8-15H2,1H3. The van der Waals surface area contributed by atoms with Crippen LogP contribution in [0.4, 0.5) is 4.39 Å². The second kappa shape index (κ2) is 15.2. The Morgan fingerprint density at radius 2 is 1.77 bits per heavy atom. The number of pyridine rings is 1. The van der Waals surface area contributed by atoms with Gasteiger partial charge in [-0.2, -0.15) is 28.5 Å². The van der Waals surface area contributed by atoms with Gasteiger partial charge in [0.05, 0.1) is 25.4 Å². The lowest BCUT2D eigenvalue weighted by atomic mass is 10.1. The zero-order valence-corrected chi connectivity index (χ0v) is 21.9. The maximum absolute atomic E-state index is 13.5. The molecular formula is C25H28FNO5S3. The topological polar surface area (TPSA) is 78.6 Å². The largest absolute Gasteiger partial charge is 0.477 e. The molecule has 0 saturated heterocycles. The third-order valence-electron chi connectivity index (χ3n) is 4.71. The van der Waals surface area contributed by atoms with E-state index in [-0.39, 0.29) is 16.4 Å². The van der Waals surface area contributed by atoms with Crippen molar-refractivity contribution in [3.8, 4) is 17.0 Å². The van der Waals surface area contributed by atoms with E-state index in [0.717, 1.165) is 28.8 Å². The molecule has 10 heteroatoms. The van der Waals surface area contributed by atoms with Crippen LogP contribution in [0.1, 0.15) is 13.3 Å². The Morgan fingerprint density at radius 3 is 2.54 bits per heavy atom. The fourth-order valence-electron chi connectivity index (χ4n) is 2.98. The van der Waals surface area contributed by atoms with Crippen molar-refractivity contribution in [1.82, 2.24) is 4.98 Å². The van der Waals surface area contributed by atoms with Crippen LogP contribution in [0.25, 0.3) is 22.2 Å². The van der Waals surface area contributed by atoms with Crippen LogP contribution < -0.4 is 10.4 Å². The number of nitrogens with zero attached hydrogens (tertiary/aromatic N) is 1. The highest BCUT2D eigenvalue weighted by Crippen LogP contribution is 2.22. The predicted molar refractivity (Wildman–Crippen MR) is 144 cm³/mol. The Labute approximate surface area is 216 Å². The van der Waals surface area contributed by atoms with Gasteiger partial charge in [0.2, 0.25) is 11.6 Å². The molecule has 0 N–H and O–H groups in total. The second-order valence-corrected chi connectivity index (χ2v) is 10.9. The molecule has 0 aliphatic rings. The smallest absolute Gasteiger partial charge is 0.345 e. The summed E-state index contributed by atoms with van der Waals surface area (Å²) in [6, 6.07) is 11.0. The summed E-state index contributed by atoms with van der Waals surface area (Å²) < 4.78 is 30.2. The van der Waals surface area contributed by atoms with Gasteiger partial charge in [0.1, 0.15) is 5.82 Å². The Balaban J connectivity index is 1.31. The van der Waals surface area contributed by atoms with Crippen LogP contribution in [0.5, 0.6) is 5.88 Å². The number of carbonyl (C=O) groups excluding carboxylic acids is 1. The average molecular weight is 538 g/mol. The number of rotatable bonds is 15. The van der Waals surface area contributed by atoms with Crippen molar-refractivity contribution in [2.45, 2.75) is 13.3 Å². The van der Waals surface area contributed by atoms with Crippen molar-refractivity contribution in [3.63, 3.8) is 0 Å². The van der Waals surface area contributed by atoms with E-state index in [4.69, 9.17) is 13.9 Å². The molecule has 0 spiro atoms. The molecular weight excluding hydrogens is 509 g/mol. The van der Waals surface area contributed by atoms with E-state index >= 15 is 0 Å². The minimum atomic E-state index is -0.577. The molecule has 6 nitrogen and oxygen atoms in total. The van der Waals surface area contributed by atoms with Gasteiger partial charge in [-0.25, -0.2) is 9.18 Å². The third-order valence-corrected chi connectivity index (χ3v) is 7.85. The van der Waals surface area contributed by atoms with E-state index < -0.39 is 11.4 Å². The van der Waals surface area contributed by atoms with Gasteiger partial charge in [-0.05, 0) is 29.8 Å². The number of halogens is 1. The van der Waals surface area contributed by atoms with Crippen molar-refractivity contribution in [2.75, 3.05) is 48.6 Å². The van der Waals surface area contributed by atoms with Gasteiger partial charge in [0.15, 0.2) is 5.12 Å². The highest BCUT2D eigenvalue weighted by molar-refractivity contribution is 8.14. The molecule has 0 amide bonds. The number of aromatic nitrogens is 1. The molecule has 0 aliphatic carbocycles. The summed E-state index contributed by atoms with van der Waals surface area (Å²) in [5.41, 5.74) is 0.349. The van der Waals surface area contributed by atoms with E-state index in [1.54, 1.807) is 53.9 Å². The maximum Gasteiger partial charge on any atom is 0.345 e. The zero-order chi connectivity index (χ0) is 24.9. The van der Waals surface area contributed by atoms with Crippen molar-refractivity contribution in [1.29, 1.82) is 0 Å². The minimum absolute atomic E-state index is 0.183. The molecule has 2 heterocycles. The predicted octanol–water partition coefficient (Wildman–Crippen LogP) is 5.53. The van der Waals surface area contributed by atoms with Gasteiger partial charge in [0, 0.05) is 46.6 Å². The van der Waals surface area contributed by atoms with Gasteiger partial charge in [-0.3, -0.25) is 4.79 Å². The monoisotopic (exact) mass is 537 g/mol. The quantitative estimate of drug-likeness (QED) is 0.233. The number of carbonyl (C=O) groups is 1. The number of hydrogen-bond acceptors (Lipinski definition) is 9. The zero-order valence-electron chi connectivity index (χ0n) is 19.5. The van der Waals surface area contributed by atoms with E-state index in [9.17, 15) is 14.0 Å². The normalized spacial score (nSPS) is 11.1. The Bertz CT molecular complexity index is 1160. The highest BCUT2D eigenvalue weighted by atomic mass is 32.2. The maximum atomic E-state index is 13.5. The molecule has 0 radical (unpaired) electrons. The lowest BCUT2D eigenvalue weighted by Crippen LogP contribution is -2.06. The van der Waals surface area contributed by atoms with Crippen molar-refractivity contribution in [3.05, 3.63) is 58.7 Å². The number of fused-ring (bicyclic) bond motifs is 1. The average Bonchev–Trinajstić information content (AvgIpc) is 2.86. The lowest BCUT2D eigenvalue weighted by Gasteiger charge is -2.07. The van der Waals surface area contributed by atoms with Gasteiger partial charge in [0.25, 0.3) is 0 Å². The fraction of sp³-hybridized carbons (Fsp3) is 0.400. The summed E-state index contributed by atoms with van der Waals surface area (Å²) >= 11 is 4.93. The molecule has 3 rings (SSSR count). The van der Waals surface area contributed by atoms with Crippen LogP contribution in [-0.4, -0.2) is 58.7 Å². The van der Waals surface area contributed by atoms with Gasteiger partial charge in [-0.15, -0.1) is 0 Å². The first-order valence-electron chi connectivity index (χ1n) is 11.3. The Hall–Kier alpha value is -2.01. The summed E-state index contributed by atoms with van der Waals surface area (Å²) in [5.74, 6) is 4.38. The number of ether oxygens (including phenoxy) is 2. The molecule has 1 aromatic carbocycles. The number of benzene rings is 1. The van der Waals surface area contributed by atoms with E-state index in [2.05, 4.69) is 4.98 Å². The fourth-order valence-corrected chi connectivity index (χ4v) is 5.30. The molecule has 0 aliphatic heterocycles. The third kappa shape index (κ3) is 9.51. The number of hydrogen-bond donors (Lipinski definition) is 0. The molecule has 0 bridgehead atoms. The van der Waals surface area contributed by atoms with E-state index in [1.807, 2.05) is 6.92 Å². The Kier molecular flexibility index (Phi) is 12.0. The summed E-state index contributed by atoms with van der Waals surface area (Å²) in [4.78, 5) is 27.8. The first-order chi connectivity index (χ1) is 17.1. The molecule has 0 unspecified atom stereocenters. The van der Waals surface area contributed by atoms with E-state index in [1.165, 1.54) is 23.9 Å². The molecule has 0 fully saturated rings. The molecule has 188 valence electrons. The Morgan fingerprint density at radius 1 is 1.00 bits per heavy atom. The molecule has 2 aromatic heterocycles. The summed E-state index contributed by atoms with van der Waals surface area (Å²) in [6.07, 6.45) is 0.595. The van der Waals surface area contributed by atoms with Crippen LogP contribution in [0.2, 0.25) is 0 Å². The van der Waals surface area contributed by atoms with Gasteiger partial charge >= 0.3 is 5.63 Å². The van der Waals surface area contributed by atoms with Crippen molar-refractivity contribution >= 4 is 51.5 Å². The number of thioether (sulfide) groups is 3. The van der Waals surface area contributed by atoms with Crippen LogP contribution in [-0.2, 0) is 9.53 Å². The van der Waals surface area contributed by atoms with Crippen LogP contribution in [0.3, 0.4) is 0 Å². The summed E-state index contributed by atoms with van der Waals surface area (Å²) in [5, 5.41) is 0.885. The first-order valence-corrected chi connectivity index (χ1v) is 14.6. The first kappa shape index (κ1) is 27.6. The van der Waals surface area contributed by atoms with Crippen LogP contribution in [0.15, 0.2) is 51.7 Å². The minimum Gasteiger partial charge on any atom is -0.477 e. The van der Waals surface area contributed by atoms with E-state index in [0.29, 0.717) is 43.1 Å². The van der Waals surface area contributed by atoms with Crippen LogP contribution in [0, 0.1) is 5.82 Å². The highest BCUT2D eigenvalue weighted by Gasteiger charge is 2.10. The summed E-state index contributed by atoms with van der Waals surface area (Å²) in [6.45, 7) is 3.75. The van der Waals surface area contributed by atoms with Gasteiger partial charge < -0.3 is 13.9 Å². The van der Waals surface area contributed by atoms with Crippen molar-refractivity contribution < 1.29 is 23.1 Å². The lowest BCUT2D eigenvalue weighted by molar-refractivity contribution is -0.110.